The number of carbonyl (C=O) groups is 2. The molecular formula is C23H33N5O3. The lowest BCUT2D eigenvalue weighted by molar-refractivity contribution is -0.132. The molecule has 0 bridgehead atoms. The number of nitrogens with one attached hydrogen (secondary N) is 1. The molecule has 3 rings (SSSR count). The molecular weight excluding hydrogens is 394 g/mol. The fraction of sp³-hybridized carbons (Fsp3) is 0.565. The van der Waals surface area contributed by atoms with E-state index in [2.05, 4.69) is 29.3 Å². The molecule has 1 aromatic carbocycles. The zero-order chi connectivity index (χ0) is 22.4. The van der Waals surface area contributed by atoms with E-state index in [0.717, 1.165) is 30.5 Å². The van der Waals surface area contributed by atoms with Gasteiger partial charge in [0.25, 0.3) is 0 Å². The van der Waals surface area contributed by atoms with Crippen LogP contribution in [0, 0.1) is 12.8 Å². The Kier molecular flexibility index (Phi) is 7.65. The number of urea groups is 1. The van der Waals surface area contributed by atoms with Crippen LogP contribution in [-0.4, -0.2) is 57.6 Å². The molecule has 168 valence electrons. The van der Waals surface area contributed by atoms with Gasteiger partial charge in [0.05, 0.1) is 0 Å². The third-order valence-electron chi connectivity index (χ3n) is 5.58. The number of piperidine rings is 1. The second-order valence-electron chi connectivity index (χ2n) is 8.65. The number of para-hydroxylation sites is 1. The van der Waals surface area contributed by atoms with Gasteiger partial charge in [-0.05, 0) is 37.3 Å². The van der Waals surface area contributed by atoms with E-state index >= 15 is 0 Å². The SMILES string of the molecule is CC(=O)N(CCc1noc(CC(C)C)n1)C1CCCN(C(=O)Nc2ccccc2C)C1. The highest BCUT2D eigenvalue weighted by molar-refractivity contribution is 5.90. The Morgan fingerprint density at radius 3 is 2.81 bits per heavy atom. The fourth-order valence-electron chi connectivity index (χ4n) is 3.94. The van der Waals surface area contributed by atoms with Gasteiger partial charge >= 0.3 is 6.03 Å². The summed E-state index contributed by atoms with van der Waals surface area (Å²) >= 11 is 0. The number of aryl methyl sites for hydroxylation is 1. The van der Waals surface area contributed by atoms with Crippen LogP contribution in [0.25, 0.3) is 0 Å². The Balaban J connectivity index is 1.59. The van der Waals surface area contributed by atoms with Crippen LogP contribution in [-0.2, 0) is 17.6 Å². The monoisotopic (exact) mass is 427 g/mol. The molecule has 1 saturated heterocycles. The third kappa shape index (κ3) is 6.29. The molecule has 2 heterocycles. The predicted molar refractivity (Wildman–Crippen MR) is 119 cm³/mol. The molecule has 1 N–H and O–H groups in total. The highest BCUT2D eigenvalue weighted by atomic mass is 16.5. The van der Waals surface area contributed by atoms with E-state index in [1.54, 1.807) is 11.8 Å². The maximum Gasteiger partial charge on any atom is 0.321 e. The Morgan fingerprint density at radius 2 is 2.10 bits per heavy atom. The summed E-state index contributed by atoms with van der Waals surface area (Å²) < 4.78 is 5.30. The van der Waals surface area contributed by atoms with Gasteiger partial charge < -0.3 is 19.6 Å². The van der Waals surface area contributed by atoms with E-state index in [4.69, 9.17) is 4.52 Å². The van der Waals surface area contributed by atoms with Gasteiger partial charge in [-0.25, -0.2) is 4.79 Å². The van der Waals surface area contributed by atoms with Crippen LogP contribution in [0.15, 0.2) is 28.8 Å². The second-order valence-corrected chi connectivity index (χ2v) is 8.65. The minimum atomic E-state index is -0.126. The molecule has 1 fully saturated rings. The summed E-state index contributed by atoms with van der Waals surface area (Å²) in [5.74, 6) is 1.70. The maximum absolute atomic E-state index is 12.8. The Hall–Kier alpha value is -2.90. The van der Waals surface area contributed by atoms with Gasteiger partial charge in [-0.15, -0.1) is 0 Å². The Morgan fingerprint density at radius 1 is 1.32 bits per heavy atom. The standard InChI is InChI=1S/C23H33N5O3/c1-16(2)14-22-25-21(26-31-22)11-13-28(18(4)29)19-9-7-12-27(15-19)23(30)24-20-10-6-5-8-17(20)3/h5-6,8,10,16,19H,7,9,11-15H2,1-4H3,(H,24,30). The first-order chi connectivity index (χ1) is 14.8. The number of likely N-dealkylation sites (tertiary alicyclic amines) is 1. The molecule has 1 unspecified atom stereocenters. The van der Waals surface area contributed by atoms with Crippen molar-refractivity contribution in [1.82, 2.24) is 19.9 Å². The van der Waals surface area contributed by atoms with Crippen LogP contribution in [0.1, 0.15) is 50.9 Å². The summed E-state index contributed by atoms with van der Waals surface area (Å²) in [4.78, 5) is 33.2. The Bertz CT molecular complexity index is 895. The number of amides is 3. The van der Waals surface area contributed by atoms with Crippen molar-refractivity contribution in [2.24, 2.45) is 5.92 Å². The van der Waals surface area contributed by atoms with Crippen LogP contribution in [0.4, 0.5) is 10.5 Å². The summed E-state index contributed by atoms with van der Waals surface area (Å²) in [5, 5.41) is 7.04. The zero-order valence-corrected chi connectivity index (χ0v) is 18.9. The van der Waals surface area contributed by atoms with Crippen molar-refractivity contribution in [2.45, 2.75) is 59.4 Å². The summed E-state index contributed by atoms with van der Waals surface area (Å²) in [6.45, 7) is 9.46. The van der Waals surface area contributed by atoms with E-state index in [1.165, 1.54) is 0 Å². The molecule has 8 heteroatoms. The summed E-state index contributed by atoms with van der Waals surface area (Å²) in [5.41, 5.74) is 1.83. The van der Waals surface area contributed by atoms with E-state index in [0.29, 0.717) is 43.7 Å². The largest absolute Gasteiger partial charge is 0.339 e. The lowest BCUT2D eigenvalue weighted by atomic mass is 10.0. The number of anilines is 1. The topological polar surface area (TPSA) is 91.6 Å². The van der Waals surface area contributed by atoms with Crippen LogP contribution in [0.3, 0.4) is 0 Å². The first kappa shape index (κ1) is 22.8. The van der Waals surface area contributed by atoms with Gasteiger partial charge in [-0.1, -0.05) is 37.2 Å². The number of aromatic nitrogens is 2. The predicted octanol–water partition coefficient (Wildman–Crippen LogP) is 3.66. The van der Waals surface area contributed by atoms with Gasteiger partial charge in [-0.3, -0.25) is 4.79 Å². The van der Waals surface area contributed by atoms with Gasteiger partial charge in [0, 0.05) is 51.1 Å². The molecule has 2 aromatic rings. The maximum atomic E-state index is 12.8. The molecule has 0 aliphatic carbocycles. The quantitative estimate of drug-likeness (QED) is 0.728. The van der Waals surface area contributed by atoms with Crippen molar-refractivity contribution in [3.8, 4) is 0 Å². The summed E-state index contributed by atoms with van der Waals surface area (Å²) in [6, 6.07) is 7.58. The molecule has 1 aromatic heterocycles. The van der Waals surface area contributed by atoms with Gasteiger partial charge in [-0.2, -0.15) is 4.98 Å². The Labute approximate surface area is 184 Å². The molecule has 1 aliphatic heterocycles. The van der Waals surface area contributed by atoms with Crippen LogP contribution >= 0.6 is 0 Å². The van der Waals surface area contributed by atoms with E-state index < -0.39 is 0 Å². The average Bonchev–Trinajstić information content (AvgIpc) is 3.16. The van der Waals surface area contributed by atoms with Crippen molar-refractivity contribution in [3.63, 3.8) is 0 Å². The lowest BCUT2D eigenvalue weighted by Gasteiger charge is -2.39. The molecule has 8 nitrogen and oxygen atoms in total. The van der Waals surface area contributed by atoms with Gasteiger partial charge in [0.15, 0.2) is 5.82 Å². The van der Waals surface area contributed by atoms with Crippen molar-refractivity contribution in [3.05, 3.63) is 41.5 Å². The van der Waals surface area contributed by atoms with Crippen molar-refractivity contribution in [1.29, 1.82) is 0 Å². The third-order valence-corrected chi connectivity index (χ3v) is 5.58. The second kappa shape index (κ2) is 10.4. The number of carbonyl (C=O) groups excluding carboxylic acids is 2. The van der Waals surface area contributed by atoms with Crippen molar-refractivity contribution >= 4 is 17.6 Å². The number of hydrogen-bond acceptors (Lipinski definition) is 5. The molecule has 3 amide bonds. The molecule has 0 saturated carbocycles. The molecule has 1 atom stereocenters. The van der Waals surface area contributed by atoms with E-state index in [9.17, 15) is 9.59 Å². The number of benzene rings is 1. The first-order valence-corrected chi connectivity index (χ1v) is 11.0. The average molecular weight is 428 g/mol. The number of hydrogen-bond donors (Lipinski definition) is 1. The molecule has 1 aliphatic rings. The molecule has 31 heavy (non-hydrogen) atoms. The molecule has 0 radical (unpaired) electrons. The van der Waals surface area contributed by atoms with Crippen molar-refractivity contribution < 1.29 is 14.1 Å². The van der Waals surface area contributed by atoms with E-state index in [-0.39, 0.29) is 18.0 Å². The smallest absolute Gasteiger partial charge is 0.321 e. The first-order valence-electron chi connectivity index (χ1n) is 11.0. The fourth-order valence-corrected chi connectivity index (χ4v) is 3.94. The van der Waals surface area contributed by atoms with Crippen molar-refractivity contribution in [2.75, 3.05) is 25.0 Å². The zero-order valence-electron chi connectivity index (χ0n) is 18.9. The van der Waals surface area contributed by atoms with Gasteiger partial charge in [0.1, 0.15) is 0 Å². The number of nitrogens with zero attached hydrogens (tertiary/aromatic N) is 4. The van der Waals surface area contributed by atoms with Crippen LogP contribution in [0.5, 0.6) is 0 Å². The van der Waals surface area contributed by atoms with Gasteiger partial charge in [0.2, 0.25) is 11.8 Å². The highest BCUT2D eigenvalue weighted by Crippen LogP contribution is 2.19. The minimum absolute atomic E-state index is 0.00272. The summed E-state index contributed by atoms with van der Waals surface area (Å²) in [7, 11) is 0. The molecule has 0 spiro atoms. The lowest BCUT2D eigenvalue weighted by Crippen LogP contribution is -2.52. The highest BCUT2D eigenvalue weighted by Gasteiger charge is 2.29. The minimum Gasteiger partial charge on any atom is -0.339 e. The van der Waals surface area contributed by atoms with Crippen LogP contribution < -0.4 is 5.32 Å². The normalized spacial score (nSPS) is 16.4. The number of rotatable bonds is 7. The van der Waals surface area contributed by atoms with Crippen LogP contribution in [0.2, 0.25) is 0 Å². The summed E-state index contributed by atoms with van der Waals surface area (Å²) in [6.07, 6.45) is 3.01. The van der Waals surface area contributed by atoms with E-state index in [1.807, 2.05) is 36.1 Å².